The molecule has 14 heavy (non-hydrogen) atoms. The number of hydrogen-bond acceptors (Lipinski definition) is 1. The van der Waals surface area contributed by atoms with E-state index in [1.807, 2.05) is 6.92 Å². The minimum absolute atomic E-state index is 0.0779. The SMILES string of the molecule is C=C(C)CC(O)C1C2C3CCC(C3)C12. The van der Waals surface area contributed by atoms with E-state index in [-0.39, 0.29) is 6.10 Å². The van der Waals surface area contributed by atoms with Crippen molar-refractivity contribution in [1.82, 2.24) is 0 Å². The molecule has 0 radical (unpaired) electrons. The summed E-state index contributed by atoms with van der Waals surface area (Å²) in [4.78, 5) is 0. The fourth-order valence-corrected chi connectivity index (χ4v) is 4.40. The molecular formula is C13H20O. The second-order valence-electron chi connectivity index (χ2n) is 5.79. The number of aliphatic hydroxyl groups is 1. The minimum Gasteiger partial charge on any atom is -0.392 e. The standard InChI is InChI=1S/C13H20O/c1-7(2)5-10(14)13-11-8-3-4-9(6-8)12(11)13/h8-14H,1,3-6H2,2H3. The molecule has 0 spiro atoms. The van der Waals surface area contributed by atoms with Gasteiger partial charge in [0, 0.05) is 0 Å². The highest BCUT2D eigenvalue weighted by molar-refractivity contribution is 5.15. The normalized spacial score (nSPS) is 50.3. The molecule has 3 saturated carbocycles. The molecule has 0 aromatic rings. The number of fused-ring (bicyclic) bond motifs is 5. The van der Waals surface area contributed by atoms with Gasteiger partial charge in [-0.3, -0.25) is 0 Å². The van der Waals surface area contributed by atoms with Crippen LogP contribution in [0.3, 0.4) is 0 Å². The van der Waals surface area contributed by atoms with E-state index in [1.54, 1.807) is 0 Å². The predicted molar refractivity (Wildman–Crippen MR) is 56.7 cm³/mol. The van der Waals surface area contributed by atoms with Gasteiger partial charge in [-0.05, 0) is 62.2 Å². The van der Waals surface area contributed by atoms with Crippen LogP contribution >= 0.6 is 0 Å². The quantitative estimate of drug-likeness (QED) is 0.681. The lowest BCUT2D eigenvalue weighted by molar-refractivity contribution is 0.129. The van der Waals surface area contributed by atoms with Crippen molar-refractivity contribution in [3.05, 3.63) is 12.2 Å². The van der Waals surface area contributed by atoms with Gasteiger partial charge in [-0.15, -0.1) is 6.58 Å². The lowest BCUT2D eigenvalue weighted by Gasteiger charge is -2.14. The second kappa shape index (κ2) is 2.85. The third kappa shape index (κ3) is 1.11. The summed E-state index contributed by atoms with van der Waals surface area (Å²) in [6, 6.07) is 0. The van der Waals surface area contributed by atoms with Crippen molar-refractivity contribution in [2.45, 2.75) is 38.7 Å². The highest BCUT2D eigenvalue weighted by Crippen LogP contribution is 2.70. The van der Waals surface area contributed by atoms with Gasteiger partial charge < -0.3 is 5.11 Å². The summed E-state index contributed by atoms with van der Waals surface area (Å²) in [5.74, 6) is 4.42. The van der Waals surface area contributed by atoms with Crippen molar-refractivity contribution in [2.24, 2.45) is 29.6 Å². The van der Waals surface area contributed by atoms with Crippen LogP contribution in [0.15, 0.2) is 12.2 Å². The summed E-state index contributed by atoms with van der Waals surface area (Å²) < 4.78 is 0. The highest BCUT2D eigenvalue weighted by Gasteiger charge is 2.66. The Morgan fingerprint density at radius 3 is 2.43 bits per heavy atom. The van der Waals surface area contributed by atoms with Crippen LogP contribution in [0.4, 0.5) is 0 Å². The molecule has 3 rings (SSSR count). The Labute approximate surface area is 86.2 Å². The summed E-state index contributed by atoms with van der Waals surface area (Å²) >= 11 is 0. The summed E-state index contributed by atoms with van der Waals surface area (Å²) in [5.41, 5.74) is 1.13. The molecule has 5 atom stereocenters. The van der Waals surface area contributed by atoms with E-state index in [2.05, 4.69) is 6.58 Å². The van der Waals surface area contributed by atoms with E-state index in [0.717, 1.165) is 35.7 Å². The Morgan fingerprint density at radius 1 is 1.36 bits per heavy atom. The molecular weight excluding hydrogens is 172 g/mol. The lowest BCUT2D eigenvalue weighted by atomic mass is 9.96. The largest absolute Gasteiger partial charge is 0.392 e. The van der Waals surface area contributed by atoms with E-state index in [1.165, 1.54) is 19.3 Å². The Hall–Kier alpha value is -0.300. The van der Waals surface area contributed by atoms with Crippen LogP contribution in [0.1, 0.15) is 32.6 Å². The van der Waals surface area contributed by atoms with Crippen LogP contribution in [-0.2, 0) is 0 Å². The third-order valence-electron chi connectivity index (χ3n) is 4.80. The fraction of sp³-hybridized carbons (Fsp3) is 0.846. The maximum absolute atomic E-state index is 10.1. The zero-order valence-electron chi connectivity index (χ0n) is 8.95. The number of hydrogen-bond donors (Lipinski definition) is 1. The third-order valence-corrected chi connectivity index (χ3v) is 4.80. The first kappa shape index (κ1) is 8.96. The first-order chi connectivity index (χ1) is 6.68. The molecule has 1 nitrogen and oxygen atoms in total. The average molecular weight is 192 g/mol. The number of rotatable bonds is 3. The van der Waals surface area contributed by atoms with Crippen molar-refractivity contribution in [3.63, 3.8) is 0 Å². The fourth-order valence-electron chi connectivity index (χ4n) is 4.40. The van der Waals surface area contributed by atoms with Crippen molar-refractivity contribution < 1.29 is 5.11 Å². The van der Waals surface area contributed by atoms with Gasteiger partial charge in [0.1, 0.15) is 0 Å². The zero-order chi connectivity index (χ0) is 9.87. The van der Waals surface area contributed by atoms with Gasteiger partial charge in [0.25, 0.3) is 0 Å². The molecule has 3 fully saturated rings. The molecule has 3 aliphatic rings. The van der Waals surface area contributed by atoms with Crippen molar-refractivity contribution in [3.8, 4) is 0 Å². The summed E-state index contributed by atoms with van der Waals surface area (Å²) in [7, 11) is 0. The molecule has 5 unspecified atom stereocenters. The molecule has 0 aromatic carbocycles. The van der Waals surface area contributed by atoms with Gasteiger partial charge in [-0.1, -0.05) is 5.57 Å². The maximum Gasteiger partial charge on any atom is 0.0610 e. The number of aliphatic hydroxyl groups excluding tert-OH is 1. The van der Waals surface area contributed by atoms with Gasteiger partial charge in [-0.2, -0.15) is 0 Å². The summed E-state index contributed by atoms with van der Waals surface area (Å²) in [5, 5.41) is 10.1. The van der Waals surface area contributed by atoms with Crippen LogP contribution < -0.4 is 0 Å². The van der Waals surface area contributed by atoms with E-state index < -0.39 is 0 Å². The van der Waals surface area contributed by atoms with Crippen molar-refractivity contribution in [1.29, 1.82) is 0 Å². The van der Waals surface area contributed by atoms with Crippen molar-refractivity contribution in [2.75, 3.05) is 0 Å². The van der Waals surface area contributed by atoms with Gasteiger partial charge >= 0.3 is 0 Å². The lowest BCUT2D eigenvalue weighted by Crippen LogP contribution is -2.15. The molecule has 0 amide bonds. The van der Waals surface area contributed by atoms with Gasteiger partial charge in [0.05, 0.1) is 6.10 Å². The van der Waals surface area contributed by atoms with Gasteiger partial charge in [0.15, 0.2) is 0 Å². The smallest absolute Gasteiger partial charge is 0.0610 e. The molecule has 2 bridgehead atoms. The first-order valence-corrected chi connectivity index (χ1v) is 6.01. The minimum atomic E-state index is -0.0779. The van der Waals surface area contributed by atoms with Crippen LogP contribution in [0.5, 0.6) is 0 Å². The first-order valence-electron chi connectivity index (χ1n) is 6.01. The van der Waals surface area contributed by atoms with E-state index >= 15 is 0 Å². The molecule has 0 heterocycles. The Kier molecular flexibility index (Phi) is 1.82. The molecule has 78 valence electrons. The molecule has 0 aromatic heterocycles. The van der Waals surface area contributed by atoms with Crippen LogP contribution in [0.25, 0.3) is 0 Å². The Bertz CT molecular complexity index is 254. The summed E-state index contributed by atoms with van der Waals surface area (Å²) in [6.45, 7) is 5.92. The van der Waals surface area contributed by atoms with Crippen LogP contribution in [0.2, 0.25) is 0 Å². The van der Waals surface area contributed by atoms with Gasteiger partial charge in [-0.25, -0.2) is 0 Å². The van der Waals surface area contributed by atoms with E-state index in [9.17, 15) is 5.11 Å². The van der Waals surface area contributed by atoms with E-state index in [4.69, 9.17) is 0 Å². The highest BCUT2D eigenvalue weighted by atomic mass is 16.3. The predicted octanol–water partition coefficient (Wildman–Crippen LogP) is 2.61. The Balaban J connectivity index is 1.65. The molecule has 3 aliphatic carbocycles. The molecule has 1 heteroatoms. The topological polar surface area (TPSA) is 20.2 Å². The monoisotopic (exact) mass is 192 g/mol. The van der Waals surface area contributed by atoms with E-state index in [0.29, 0.717) is 5.92 Å². The maximum atomic E-state index is 10.1. The average Bonchev–Trinajstić information content (AvgIpc) is 2.56. The van der Waals surface area contributed by atoms with Crippen LogP contribution in [0, 0.1) is 29.6 Å². The molecule has 1 N–H and O–H groups in total. The van der Waals surface area contributed by atoms with Crippen molar-refractivity contribution >= 4 is 0 Å². The Morgan fingerprint density at radius 2 is 1.93 bits per heavy atom. The summed E-state index contributed by atoms with van der Waals surface area (Å²) in [6.07, 6.45) is 5.12. The zero-order valence-corrected chi connectivity index (χ0v) is 8.95. The van der Waals surface area contributed by atoms with Crippen LogP contribution in [-0.4, -0.2) is 11.2 Å². The molecule has 0 aliphatic heterocycles. The molecule has 0 saturated heterocycles. The second-order valence-corrected chi connectivity index (χ2v) is 5.79. The van der Waals surface area contributed by atoms with Gasteiger partial charge in [0.2, 0.25) is 0 Å².